The summed E-state index contributed by atoms with van der Waals surface area (Å²) in [4.78, 5) is 11.7. The van der Waals surface area contributed by atoms with Crippen LogP contribution in [0, 0.1) is 0 Å². The topological polar surface area (TPSA) is 49.3 Å². The van der Waals surface area contributed by atoms with Crippen molar-refractivity contribution in [3.63, 3.8) is 0 Å². The van der Waals surface area contributed by atoms with Gasteiger partial charge in [0.15, 0.2) is 0 Å². The molecule has 0 radical (unpaired) electrons. The van der Waals surface area contributed by atoms with Crippen molar-refractivity contribution in [2.75, 3.05) is 6.54 Å². The Morgan fingerprint density at radius 1 is 1.28 bits per heavy atom. The molecular weight excluding hydrogens is 246 g/mol. The van der Waals surface area contributed by atoms with Gasteiger partial charge in [-0.25, -0.2) is 0 Å². The lowest BCUT2D eigenvalue weighted by Gasteiger charge is -2.09. The van der Waals surface area contributed by atoms with E-state index in [0.29, 0.717) is 18.5 Å². The molecule has 1 amide bonds. The molecule has 0 saturated heterocycles. The van der Waals surface area contributed by atoms with Gasteiger partial charge in [0.1, 0.15) is 0 Å². The van der Waals surface area contributed by atoms with Crippen LogP contribution < -0.4 is 5.32 Å². The van der Waals surface area contributed by atoms with Crippen molar-refractivity contribution in [1.82, 2.24) is 5.32 Å². The average Bonchev–Trinajstić information content (AvgIpc) is 2.93. The molecule has 1 aromatic heterocycles. The first kappa shape index (κ1) is 12.8. The van der Waals surface area contributed by atoms with Gasteiger partial charge in [0.2, 0.25) is 0 Å². The number of hydrogen-bond acceptors (Lipinski definition) is 3. The zero-order chi connectivity index (χ0) is 12.8. The van der Waals surface area contributed by atoms with E-state index < -0.39 is 6.10 Å². The lowest BCUT2D eigenvalue weighted by molar-refractivity contribution is 0.0942. The van der Waals surface area contributed by atoms with Crippen molar-refractivity contribution in [2.45, 2.75) is 12.5 Å². The lowest BCUT2D eigenvalue weighted by Crippen LogP contribution is -2.25. The number of rotatable bonds is 5. The smallest absolute Gasteiger partial charge is 0.251 e. The fraction of sp³-hybridized carbons (Fsp3) is 0.214. The maximum absolute atomic E-state index is 11.7. The molecule has 0 aliphatic heterocycles. The highest BCUT2D eigenvalue weighted by Gasteiger charge is 2.09. The molecule has 2 aromatic rings. The number of thiophene rings is 1. The summed E-state index contributed by atoms with van der Waals surface area (Å²) in [6.07, 6.45) is 0.0160. The first-order valence-electron chi connectivity index (χ1n) is 5.81. The lowest BCUT2D eigenvalue weighted by atomic mass is 10.1. The molecule has 1 heterocycles. The summed E-state index contributed by atoms with van der Waals surface area (Å²) in [7, 11) is 0. The van der Waals surface area contributed by atoms with E-state index in [1.54, 1.807) is 23.5 Å². The maximum Gasteiger partial charge on any atom is 0.251 e. The number of benzene rings is 1. The van der Waals surface area contributed by atoms with Crippen molar-refractivity contribution in [3.8, 4) is 0 Å². The van der Waals surface area contributed by atoms with Gasteiger partial charge in [-0.2, -0.15) is 11.3 Å². The molecule has 18 heavy (non-hydrogen) atoms. The third-order valence-corrected chi connectivity index (χ3v) is 3.37. The quantitative estimate of drug-likeness (QED) is 0.869. The summed E-state index contributed by atoms with van der Waals surface area (Å²) in [5.41, 5.74) is 1.55. The predicted octanol–water partition coefficient (Wildman–Crippen LogP) is 2.60. The zero-order valence-electron chi connectivity index (χ0n) is 9.87. The SMILES string of the molecule is O=C(NCCC(O)c1ccsc1)c1ccccc1. The molecule has 4 heteroatoms. The first-order chi connectivity index (χ1) is 8.77. The molecule has 0 aliphatic carbocycles. The molecule has 0 bridgehead atoms. The van der Waals surface area contributed by atoms with E-state index in [4.69, 9.17) is 0 Å². The first-order valence-corrected chi connectivity index (χ1v) is 6.75. The summed E-state index contributed by atoms with van der Waals surface area (Å²) in [5.74, 6) is -0.104. The molecule has 1 atom stereocenters. The van der Waals surface area contributed by atoms with Crippen LogP contribution in [0.4, 0.5) is 0 Å². The third-order valence-electron chi connectivity index (χ3n) is 2.67. The Hall–Kier alpha value is -1.65. The van der Waals surface area contributed by atoms with Crippen molar-refractivity contribution >= 4 is 17.2 Å². The van der Waals surface area contributed by atoms with Gasteiger partial charge in [0, 0.05) is 12.1 Å². The highest BCUT2D eigenvalue weighted by molar-refractivity contribution is 7.07. The molecule has 2 N–H and O–H groups in total. The van der Waals surface area contributed by atoms with E-state index >= 15 is 0 Å². The molecule has 94 valence electrons. The highest BCUT2D eigenvalue weighted by Crippen LogP contribution is 2.18. The largest absolute Gasteiger partial charge is 0.388 e. The fourth-order valence-electron chi connectivity index (χ4n) is 1.65. The second-order valence-electron chi connectivity index (χ2n) is 3.98. The zero-order valence-corrected chi connectivity index (χ0v) is 10.7. The van der Waals surface area contributed by atoms with E-state index in [2.05, 4.69) is 5.32 Å². The van der Waals surface area contributed by atoms with Gasteiger partial charge in [-0.15, -0.1) is 0 Å². The van der Waals surface area contributed by atoms with Gasteiger partial charge < -0.3 is 10.4 Å². The van der Waals surface area contributed by atoms with Crippen LogP contribution in [0.15, 0.2) is 47.2 Å². The number of carbonyl (C=O) groups is 1. The van der Waals surface area contributed by atoms with Crippen LogP contribution in [0.1, 0.15) is 28.4 Å². The average molecular weight is 261 g/mol. The summed E-state index contributed by atoms with van der Waals surface area (Å²) in [6, 6.07) is 11.0. The third kappa shape index (κ3) is 3.42. The summed E-state index contributed by atoms with van der Waals surface area (Å²) >= 11 is 1.56. The summed E-state index contributed by atoms with van der Waals surface area (Å²) in [6.45, 7) is 0.463. The van der Waals surface area contributed by atoms with Crippen molar-refractivity contribution in [3.05, 3.63) is 58.3 Å². The second kappa shape index (κ2) is 6.33. The minimum absolute atomic E-state index is 0.104. The highest BCUT2D eigenvalue weighted by atomic mass is 32.1. The molecule has 1 aromatic carbocycles. The number of carbonyl (C=O) groups excluding carboxylic acids is 1. The number of aliphatic hydroxyl groups is 1. The normalized spacial score (nSPS) is 12.1. The number of nitrogens with one attached hydrogen (secondary N) is 1. The monoisotopic (exact) mass is 261 g/mol. The van der Waals surface area contributed by atoms with Gasteiger partial charge in [-0.1, -0.05) is 18.2 Å². The molecule has 3 nitrogen and oxygen atoms in total. The Bertz CT molecular complexity index is 482. The standard InChI is InChI=1S/C14H15NO2S/c16-13(12-7-9-18-10-12)6-8-15-14(17)11-4-2-1-3-5-11/h1-5,7,9-10,13,16H,6,8H2,(H,15,17). The number of aliphatic hydroxyl groups excluding tert-OH is 1. The number of amides is 1. The van der Waals surface area contributed by atoms with Gasteiger partial charge >= 0.3 is 0 Å². The van der Waals surface area contributed by atoms with Crippen LogP contribution >= 0.6 is 11.3 Å². The van der Waals surface area contributed by atoms with E-state index in [1.807, 2.05) is 35.0 Å². The minimum Gasteiger partial charge on any atom is -0.388 e. The maximum atomic E-state index is 11.7. The summed E-state index contributed by atoms with van der Waals surface area (Å²) in [5, 5.41) is 16.5. The molecular formula is C14H15NO2S. The van der Waals surface area contributed by atoms with Gasteiger partial charge in [-0.05, 0) is 40.9 Å². The molecule has 0 aliphatic rings. The van der Waals surface area contributed by atoms with Crippen LogP contribution in [-0.4, -0.2) is 17.6 Å². The van der Waals surface area contributed by atoms with Crippen LogP contribution in [0.5, 0.6) is 0 Å². The van der Waals surface area contributed by atoms with Crippen LogP contribution in [0.2, 0.25) is 0 Å². The number of hydrogen-bond donors (Lipinski definition) is 2. The van der Waals surface area contributed by atoms with Crippen LogP contribution in [-0.2, 0) is 0 Å². The minimum atomic E-state index is -0.507. The molecule has 0 spiro atoms. The molecule has 1 unspecified atom stereocenters. The summed E-state index contributed by atoms with van der Waals surface area (Å²) < 4.78 is 0. The predicted molar refractivity (Wildman–Crippen MR) is 72.7 cm³/mol. The Labute approximate surface area is 110 Å². The Morgan fingerprint density at radius 3 is 2.72 bits per heavy atom. The molecule has 0 saturated carbocycles. The second-order valence-corrected chi connectivity index (χ2v) is 4.76. The Morgan fingerprint density at radius 2 is 2.06 bits per heavy atom. The van der Waals surface area contributed by atoms with Crippen molar-refractivity contribution < 1.29 is 9.90 Å². The molecule has 0 fully saturated rings. The van der Waals surface area contributed by atoms with Crippen molar-refractivity contribution in [2.24, 2.45) is 0 Å². The van der Waals surface area contributed by atoms with Gasteiger partial charge in [0.05, 0.1) is 6.10 Å². The van der Waals surface area contributed by atoms with E-state index in [1.165, 1.54) is 0 Å². The van der Waals surface area contributed by atoms with E-state index in [0.717, 1.165) is 5.56 Å². The molecule has 2 rings (SSSR count). The van der Waals surface area contributed by atoms with E-state index in [9.17, 15) is 9.90 Å². The van der Waals surface area contributed by atoms with Crippen LogP contribution in [0.3, 0.4) is 0 Å². The Kier molecular flexibility index (Phi) is 4.50. The van der Waals surface area contributed by atoms with Gasteiger partial charge in [0.25, 0.3) is 5.91 Å². The van der Waals surface area contributed by atoms with Crippen molar-refractivity contribution in [1.29, 1.82) is 0 Å². The van der Waals surface area contributed by atoms with Gasteiger partial charge in [-0.3, -0.25) is 4.79 Å². The Balaban J connectivity index is 1.77. The van der Waals surface area contributed by atoms with E-state index in [-0.39, 0.29) is 5.91 Å². The fourth-order valence-corrected chi connectivity index (χ4v) is 2.35. The van der Waals surface area contributed by atoms with Crippen LogP contribution in [0.25, 0.3) is 0 Å².